The predicted octanol–water partition coefficient (Wildman–Crippen LogP) is 6.35. The molecule has 0 aliphatic carbocycles. The largest absolute Gasteiger partial charge is 0.530 e. The summed E-state index contributed by atoms with van der Waals surface area (Å²) in [6.07, 6.45) is 3.21. The molecule has 3 aromatic carbocycles. The van der Waals surface area contributed by atoms with Crippen molar-refractivity contribution in [1.29, 1.82) is 10.5 Å². The number of rotatable bonds is 8. The van der Waals surface area contributed by atoms with Gasteiger partial charge in [-0.1, -0.05) is 42.5 Å². The lowest BCUT2D eigenvalue weighted by atomic mass is 9.96. The normalized spacial score (nSPS) is 22.8. The van der Waals surface area contributed by atoms with Gasteiger partial charge < -0.3 is 9.42 Å². The summed E-state index contributed by atoms with van der Waals surface area (Å²) >= 11 is 0. The summed E-state index contributed by atoms with van der Waals surface area (Å²) in [6, 6.07) is 25.5. The van der Waals surface area contributed by atoms with E-state index in [1.165, 1.54) is 0 Å². The molecule has 8 heteroatoms. The lowest BCUT2D eigenvalue weighted by Gasteiger charge is -2.41. The molecule has 0 N–H and O–H groups in total. The van der Waals surface area contributed by atoms with Crippen LogP contribution in [0.5, 0.6) is 5.75 Å². The number of piperidine rings is 1. The minimum Gasteiger partial charge on any atom is -0.404 e. The van der Waals surface area contributed by atoms with Crippen molar-refractivity contribution in [3.63, 3.8) is 0 Å². The molecule has 0 radical (unpaired) electrons. The van der Waals surface area contributed by atoms with Crippen LogP contribution in [-0.2, 0) is 13.6 Å². The molecule has 5 rings (SSSR count). The molecule has 35 heavy (non-hydrogen) atoms. The highest BCUT2D eigenvalue weighted by molar-refractivity contribution is 7.49. The van der Waals surface area contributed by atoms with Gasteiger partial charge in [-0.05, 0) is 49.9 Å². The zero-order chi connectivity index (χ0) is 24.3. The van der Waals surface area contributed by atoms with E-state index in [9.17, 15) is 9.83 Å². The molecule has 2 bridgehead atoms. The molecule has 2 saturated heterocycles. The van der Waals surface area contributed by atoms with Gasteiger partial charge in [0, 0.05) is 28.5 Å². The number of anilines is 1. The van der Waals surface area contributed by atoms with Crippen LogP contribution in [0.1, 0.15) is 37.7 Å². The first-order valence-electron chi connectivity index (χ1n) is 11.8. The summed E-state index contributed by atoms with van der Waals surface area (Å²) < 4.78 is 30.8. The van der Waals surface area contributed by atoms with E-state index >= 15 is 0 Å². The summed E-state index contributed by atoms with van der Waals surface area (Å²) in [7, 11) is -3.91. The van der Waals surface area contributed by atoms with Crippen molar-refractivity contribution in [2.24, 2.45) is 0 Å². The van der Waals surface area contributed by atoms with Crippen molar-refractivity contribution in [3.05, 3.63) is 72.3 Å². The Morgan fingerprint density at radius 2 is 1.60 bits per heavy atom. The van der Waals surface area contributed by atoms with Gasteiger partial charge in [0.2, 0.25) is 0 Å². The number of benzene rings is 3. The van der Waals surface area contributed by atoms with Crippen molar-refractivity contribution in [1.82, 2.24) is 0 Å². The van der Waals surface area contributed by atoms with Crippen LogP contribution < -0.4 is 9.42 Å². The van der Waals surface area contributed by atoms with E-state index in [0.29, 0.717) is 24.2 Å². The van der Waals surface area contributed by atoms with Crippen LogP contribution in [0.25, 0.3) is 10.8 Å². The summed E-state index contributed by atoms with van der Waals surface area (Å²) in [4.78, 5) is 2.45. The van der Waals surface area contributed by atoms with Gasteiger partial charge in [0.15, 0.2) is 0 Å². The Bertz CT molecular complexity index is 1320. The number of para-hydroxylation sites is 1. The number of phosphoric ester groups is 1. The highest BCUT2D eigenvalue weighted by Crippen LogP contribution is 2.54. The smallest absolute Gasteiger partial charge is 0.404 e. The third-order valence-electron chi connectivity index (χ3n) is 6.69. The topological polar surface area (TPSA) is 95.6 Å². The van der Waals surface area contributed by atoms with E-state index < -0.39 is 7.82 Å². The first-order chi connectivity index (χ1) is 17.1. The second-order valence-corrected chi connectivity index (χ2v) is 10.4. The molecule has 2 aliphatic rings. The lowest BCUT2D eigenvalue weighted by Crippen LogP contribution is -2.45. The van der Waals surface area contributed by atoms with Gasteiger partial charge in [-0.25, -0.2) is 4.57 Å². The van der Waals surface area contributed by atoms with Crippen LogP contribution in [0.4, 0.5) is 5.69 Å². The first-order valence-corrected chi connectivity index (χ1v) is 13.3. The van der Waals surface area contributed by atoms with Crippen LogP contribution in [0.2, 0.25) is 0 Å². The fraction of sp³-hybridized carbons (Fsp3) is 0.333. The molecular formula is C27H26N3O4P. The Morgan fingerprint density at radius 1 is 0.914 bits per heavy atom. The van der Waals surface area contributed by atoms with Gasteiger partial charge >= 0.3 is 7.82 Å². The van der Waals surface area contributed by atoms with Crippen LogP contribution in [0.15, 0.2) is 66.7 Å². The van der Waals surface area contributed by atoms with E-state index in [0.717, 1.165) is 29.3 Å². The standard InChI is InChI=1S/C27H26N3O4P/c28-15-6-16-32-35(31,33-23-7-2-1-3-8-23)34-24-17-21-12-13-22(18-24)30(21)27-14-11-20(19-29)25-9-4-5-10-26(25)27/h1-5,7-11,14,21-22,24H,6,12-13,16-18H2. The third kappa shape index (κ3) is 4.90. The molecule has 3 unspecified atom stereocenters. The van der Waals surface area contributed by atoms with Crippen LogP contribution in [0, 0.1) is 22.7 Å². The van der Waals surface area contributed by atoms with Crippen molar-refractivity contribution in [3.8, 4) is 17.9 Å². The fourth-order valence-corrected chi connectivity index (χ4v) is 6.68. The highest BCUT2D eigenvalue weighted by atomic mass is 31.2. The molecule has 7 nitrogen and oxygen atoms in total. The summed E-state index contributed by atoms with van der Waals surface area (Å²) in [5, 5.41) is 20.4. The molecule has 2 fully saturated rings. The van der Waals surface area contributed by atoms with E-state index in [4.69, 9.17) is 18.8 Å². The maximum atomic E-state index is 13.5. The molecule has 0 amide bonds. The van der Waals surface area contributed by atoms with E-state index in [-0.39, 0.29) is 31.2 Å². The van der Waals surface area contributed by atoms with E-state index in [1.54, 1.807) is 24.3 Å². The van der Waals surface area contributed by atoms with Gasteiger partial charge in [-0.3, -0.25) is 9.05 Å². The SMILES string of the molecule is N#CCCOP(=O)(Oc1ccccc1)OC1CC2CCC(C1)N2c1ccc(C#N)c2ccccc12. The number of hydrogen-bond donors (Lipinski definition) is 0. The van der Waals surface area contributed by atoms with Gasteiger partial charge in [0.25, 0.3) is 0 Å². The Hall–Kier alpha value is -3.35. The molecule has 0 saturated carbocycles. The Balaban J connectivity index is 1.36. The van der Waals surface area contributed by atoms with Crippen molar-refractivity contribution in [2.45, 2.75) is 50.3 Å². The summed E-state index contributed by atoms with van der Waals surface area (Å²) in [6.45, 7) is -0.0243. The minimum atomic E-state index is -3.91. The number of hydrogen-bond acceptors (Lipinski definition) is 7. The molecular weight excluding hydrogens is 461 g/mol. The zero-order valence-corrected chi connectivity index (χ0v) is 20.1. The Labute approximate surface area is 205 Å². The number of nitrogens with zero attached hydrogens (tertiary/aromatic N) is 3. The van der Waals surface area contributed by atoms with Crippen molar-refractivity contribution < 1.29 is 18.1 Å². The third-order valence-corrected chi connectivity index (χ3v) is 8.18. The van der Waals surface area contributed by atoms with Gasteiger partial charge in [-0.2, -0.15) is 10.5 Å². The van der Waals surface area contributed by atoms with Crippen molar-refractivity contribution in [2.75, 3.05) is 11.5 Å². The second-order valence-electron chi connectivity index (χ2n) is 8.87. The predicted molar refractivity (Wildman–Crippen MR) is 133 cm³/mol. The average Bonchev–Trinajstić information content (AvgIpc) is 3.13. The quantitative estimate of drug-likeness (QED) is 0.270. The summed E-state index contributed by atoms with van der Waals surface area (Å²) in [5.41, 5.74) is 1.79. The first kappa shape index (κ1) is 23.4. The van der Waals surface area contributed by atoms with Gasteiger partial charge in [-0.15, -0.1) is 0 Å². The Morgan fingerprint density at radius 3 is 2.29 bits per heavy atom. The van der Waals surface area contributed by atoms with Crippen LogP contribution in [0.3, 0.4) is 0 Å². The zero-order valence-electron chi connectivity index (χ0n) is 19.2. The fourth-order valence-electron chi connectivity index (χ4n) is 5.29. The minimum absolute atomic E-state index is 0.0243. The maximum Gasteiger partial charge on any atom is 0.530 e. The lowest BCUT2D eigenvalue weighted by molar-refractivity contribution is 0.0858. The summed E-state index contributed by atoms with van der Waals surface area (Å²) in [5.74, 6) is 0.400. The van der Waals surface area contributed by atoms with Crippen LogP contribution in [-0.4, -0.2) is 24.8 Å². The molecule has 0 aromatic heterocycles. The molecule has 178 valence electrons. The van der Waals surface area contributed by atoms with E-state index in [2.05, 4.69) is 17.0 Å². The molecule has 0 spiro atoms. The monoisotopic (exact) mass is 487 g/mol. The molecule has 2 aliphatic heterocycles. The van der Waals surface area contributed by atoms with Crippen LogP contribution >= 0.6 is 7.82 Å². The van der Waals surface area contributed by atoms with Crippen molar-refractivity contribution >= 4 is 24.3 Å². The van der Waals surface area contributed by atoms with Gasteiger partial charge in [0.05, 0.1) is 36.8 Å². The highest BCUT2D eigenvalue weighted by Gasteiger charge is 2.45. The molecule has 2 heterocycles. The van der Waals surface area contributed by atoms with E-state index in [1.807, 2.05) is 42.5 Å². The molecule has 3 atom stereocenters. The second kappa shape index (κ2) is 10.1. The Kier molecular flexibility index (Phi) is 6.75. The number of nitriles is 2. The van der Waals surface area contributed by atoms with Gasteiger partial charge in [0.1, 0.15) is 5.75 Å². The average molecular weight is 487 g/mol. The molecule has 3 aromatic rings. The number of fused-ring (bicyclic) bond motifs is 3. The number of phosphoric acid groups is 1. The maximum absolute atomic E-state index is 13.5.